The minimum atomic E-state index is -3.96. The van der Waals surface area contributed by atoms with Gasteiger partial charge in [-0.05, 0) is 34.1 Å². The summed E-state index contributed by atoms with van der Waals surface area (Å²) >= 11 is 9.87. The number of thiophene rings is 1. The van der Waals surface area contributed by atoms with Gasteiger partial charge in [0.1, 0.15) is 4.88 Å². The van der Waals surface area contributed by atoms with Crippen molar-refractivity contribution in [2.45, 2.75) is 4.21 Å². The molecule has 0 saturated carbocycles. The number of carboxylic acid groups (broad SMARTS) is 1. The van der Waals surface area contributed by atoms with Gasteiger partial charge in [-0.15, -0.1) is 11.3 Å². The first-order chi connectivity index (χ1) is 10.6. The van der Waals surface area contributed by atoms with Gasteiger partial charge in [-0.25, -0.2) is 13.2 Å². The van der Waals surface area contributed by atoms with Gasteiger partial charge < -0.3 is 10.0 Å². The molecule has 10 heteroatoms. The van der Waals surface area contributed by atoms with E-state index in [2.05, 4.69) is 20.7 Å². The maximum atomic E-state index is 12.6. The number of hydrogen-bond donors (Lipinski definition) is 2. The van der Waals surface area contributed by atoms with Crippen LogP contribution in [0.2, 0.25) is 5.02 Å². The van der Waals surface area contributed by atoms with Crippen LogP contribution in [0.15, 0.2) is 32.9 Å². The molecule has 1 heterocycles. The predicted octanol–water partition coefficient (Wildman–Crippen LogP) is 3.73. The van der Waals surface area contributed by atoms with E-state index in [0.29, 0.717) is 27.7 Å². The van der Waals surface area contributed by atoms with Gasteiger partial charge in [-0.1, -0.05) is 17.7 Å². The van der Waals surface area contributed by atoms with Crippen LogP contribution in [0, 0.1) is 0 Å². The molecule has 1 aromatic carbocycles. The lowest BCUT2D eigenvalue weighted by Crippen LogP contribution is -2.17. The summed E-state index contributed by atoms with van der Waals surface area (Å²) in [5, 5.41) is 9.38. The Kier molecular flexibility index (Phi) is 5.24. The number of nitrogens with zero attached hydrogens (tertiary/aromatic N) is 1. The van der Waals surface area contributed by atoms with E-state index in [-0.39, 0.29) is 13.6 Å². The molecule has 6 nitrogen and oxygen atoms in total. The number of sulfonamides is 1. The largest absolute Gasteiger partial charge is 0.477 e. The predicted molar refractivity (Wildman–Crippen MR) is 95.6 cm³/mol. The molecule has 2 N–H and O–H groups in total. The van der Waals surface area contributed by atoms with Gasteiger partial charge in [0.05, 0.1) is 16.4 Å². The van der Waals surface area contributed by atoms with E-state index in [1.165, 1.54) is 6.07 Å². The first-order valence-electron chi connectivity index (χ1n) is 6.14. The maximum Gasteiger partial charge on any atom is 0.345 e. The molecule has 2 aromatic rings. The standard InChI is InChI=1S/C13H12BrClN2O4S2/c1-17(2)11-8(15)4-3-5-9(11)16-23(20,21)13-7(14)6-10(22-13)12(18)19/h3-6,16H,1-2H3,(H,18,19). The fourth-order valence-electron chi connectivity index (χ4n) is 1.88. The molecular weight excluding hydrogens is 428 g/mol. The molecule has 0 bridgehead atoms. The molecule has 0 atom stereocenters. The summed E-state index contributed by atoms with van der Waals surface area (Å²) in [6.07, 6.45) is 0. The number of aromatic carboxylic acids is 1. The Labute approximate surface area is 150 Å². The molecule has 0 spiro atoms. The third kappa shape index (κ3) is 3.79. The smallest absolute Gasteiger partial charge is 0.345 e. The van der Waals surface area contributed by atoms with Gasteiger partial charge in [0.2, 0.25) is 0 Å². The van der Waals surface area contributed by atoms with Gasteiger partial charge in [-0.2, -0.15) is 0 Å². The normalized spacial score (nSPS) is 11.3. The van der Waals surface area contributed by atoms with Crippen LogP contribution in [0.4, 0.5) is 11.4 Å². The van der Waals surface area contributed by atoms with Crippen LogP contribution in [0.25, 0.3) is 0 Å². The van der Waals surface area contributed by atoms with E-state index in [1.807, 2.05) is 0 Å². The Balaban J connectivity index is 2.48. The number of para-hydroxylation sites is 1. The highest BCUT2D eigenvalue weighted by atomic mass is 79.9. The van der Waals surface area contributed by atoms with Gasteiger partial charge in [-0.3, -0.25) is 4.72 Å². The van der Waals surface area contributed by atoms with Crippen molar-refractivity contribution in [2.75, 3.05) is 23.7 Å². The van der Waals surface area contributed by atoms with Crippen LogP contribution in [0.5, 0.6) is 0 Å². The SMILES string of the molecule is CN(C)c1c(Cl)cccc1NS(=O)(=O)c1sc(C(=O)O)cc1Br. The summed E-state index contributed by atoms with van der Waals surface area (Å²) in [6.45, 7) is 0. The maximum absolute atomic E-state index is 12.6. The Hall–Kier alpha value is -1.29. The third-order valence-corrected chi connectivity index (χ3v) is 7.27. The van der Waals surface area contributed by atoms with E-state index in [9.17, 15) is 13.2 Å². The molecular formula is C13H12BrClN2O4S2. The topological polar surface area (TPSA) is 86.7 Å². The molecule has 23 heavy (non-hydrogen) atoms. The van der Waals surface area contributed by atoms with Crippen molar-refractivity contribution in [3.05, 3.63) is 38.6 Å². The quantitative estimate of drug-likeness (QED) is 0.741. The molecule has 0 amide bonds. The monoisotopic (exact) mass is 438 g/mol. The molecule has 124 valence electrons. The van der Waals surface area contributed by atoms with Gasteiger partial charge in [0.15, 0.2) is 4.21 Å². The van der Waals surface area contributed by atoms with Crippen molar-refractivity contribution < 1.29 is 18.3 Å². The second-order valence-corrected chi connectivity index (χ2v) is 8.88. The van der Waals surface area contributed by atoms with E-state index in [4.69, 9.17) is 16.7 Å². The molecule has 0 unspecified atom stereocenters. The first-order valence-corrected chi connectivity index (χ1v) is 9.62. The summed E-state index contributed by atoms with van der Waals surface area (Å²) < 4.78 is 27.7. The Morgan fingerprint density at radius 3 is 2.57 bits per heavy atom. The second kappa shape index (κ2) is 6.68. The molecule has 0 aliphatic carbocycles. The zero-order valence-corrected chi connectivity index (χ0v) is 16.0. The number of carboxylic acids is 1. The number of nitrogens with one attached hydrogen (secondary N) is 1. The van der Waals surface area contributed by atoms with E-state index in [0.717, 1.165) is 0 Å². The van der Waals surface area contributed by atoms with Crippen LogP contribution in [-0.4, -0.2) is 33.6 Å². The third-order valence-electron chi connectivity index (χ3n) is 2.79. The summed E-state index contributed by atoms with van der Waals surface area (Å²) in [7, 11) is -0.479. The molecule has 0 aliphatic rings. The van der Waals surface area contributed by atoms with Crippen molar-refractivity contribution in [3.8, 4) is 0 Å². The van der Waals surface area contributed by atoms with Crippen molar-refractivity contribution in [3.63, 3.8) is 0 Å². The van der Waals surface area contributed by atoms with Crippen molar-refractivity contribution in [1.82, 2.24) is 0 Å². The van der Waals surface area contributed by atoms with Crippen LogP contribution >= 0.6 is 38.9 Å². The minimum Gasteiger partial charge on any atom is -0.477 e. The van der Waals surface area contributed by atoms with E-state index < -0.39 is 16.0 Å². The highest BCUT2D eigenvalue weighted by Crippen LogP contribution is 2.37. The number of rotatable bonds is 5. The zero-order chi connectivity index (χ0) is 17.4. The van der Waals surface area contributed by atoms with Crippen molar-refractivity contribution in [2.24, 2.45) is 0 Å². The van der Waals surface area contributed by atoms with Gasteiger partial charge in [0, 0.05) is 18.6 Å². The van der Waals surface area contributed by atoms with E-state index in [1.54, 1.807) is 37.2 Å². The van der Waals surface area contributed by atoms with Gasteiger partial charge in [0.25, 0.3) is 10.0 Å². The van der Waals surface area contributed by atoms with Gasteiger partial charge >= 0.3 is 5.97 Å². The number of benzene rings is 1. The second-order valence-electron chi connectivity index (χ2n) is 4.69. The zero-order valence-electron chi connectivity index (χ0n) is 12.0. The Morgan fingerprint density at radius 1 is 1.39 bits per heavy atom. The summed E-state index contributed by atoms with van der Waals surface area (Å²) in [6, 6.07) is 6.11. The fourth-order valence-corrected chi connectivity index (χ4v) is 5.81. The van der Waals surface area contributed by atoms with Crippen molar-refractivity contribution in [1.29, 1.82) is 0 Å². The molecule has 1 aromatic heterocycles. The fraction of sp³-hybridized carbons (Fsp3) is 0.154. The van der Waals surface area contributed by atoms with Crippen LogP contribution in [0.3, 0.4) is 0 Å². The molecule has 0 radical (unpaired) electrons. The Bertz CT molecular complexity index is 865. The summed E-state index contributed by atoms with van der Waals surface area (Å²) in [5.74, 6) is -1.19. The lowest BCUT2D eigenvalue weighted by atomic mass is 10.2. The lowest BCUT2D eigenvalue weighted by Gasteiger charge is -2.19. The highest BCUT2D eigenvalue weighted by molar-refractivity contribution is 9.10. The highest BCUT2D eigenvalue weighted by Gasteiger charge is 2.25. The molecule has 0 saturated heterocycles. The lowest BCUT2D eigenvalue weighted by molar-refractivity contribution is 0.0702. The first kappa shape index (κ1) is 18.1. The number of anilines is 2. The minimum absolute atomic E-state index is 0.0730. The van der Waals surface area contributed by atoms with E-state index >= 15 is 0 Å². The number of carbonyl (C=O) groups is 1. The molecule has 0 aliphatic heterocycles. The van der Waals surface area contributed by atoms with Crippen molar-refractivity contribution >= 4 is 66.2 Å². The van der Waals surface area contributed by atoms with Crippen LogP contribution < -0.4 is 9.62 Å². The molecule has 2 rings (SSSR count). The summed E-state index contributed by atoms with van der Waals surface area (Å²) in [5.41, 5.74) is 0.823. The average Bonchev–Trinajstić information content (AvgIpc) is 2.81. The van der Waals surface area contributed by atoms with Crippen LogP contribution in [-0.2, 0) is 10.0 Å². The average molecular weight is 440 g/mol. The van der Waals surface area contributed by atoms with Crippen LogP contribution in [0.1, 0.15) is 9.67 Å². The number of hydrogen-bond acceptors (Lipinski definition) is 5. The summed E-state index contributed by atoms with van der Waals surface area (Å²) in [4.78, 5) is 12.6. The molecule has 0 fully saturated rings. The Morgan fingerprint density at radius 2 is 2.04 bits per heavy atom. The number of halogens is 2.